The minimum absolute atomic E-state index is 0.146. The van der Waals surface area contributed by atoms with E-state index in [0.29, 0.717) is 6.04 Å². The van der Waals surface area contributed by atoms with Crippen LogP contribution in [-0.4, -0.2) is 22.5 Å². The molecule has 1 N–H and O–H groups in total. The van der Waals surface area contributed by atoms with E-state index >= 15 is 0 Å². The van der Waals surface area contributed by atoms with Crippen molar-refractivity contribution in [3.05, 3.63) is 0 Å². The molecular formula is C12H22N2S. The minimum atomic E-state index is 0.146. The van der Waals surface area contributed by atoms with E-state index in [9.17, 15) is 0 Å². The van der Waals surface area contributed by atoms with Crippen LogP contribution in [0.4, 0.5) is 0 Å². The van der Waals surface area contributed by atoms with Gasteiger partial charge in [-0.3, -0.25) is 4.99 Å². The van der Waals surface area contributed by atoms with Crippen LogP contribution in [0.3, 0.4) is 0 Å². The summed E-state index contributed by atoms with van der Waals surface area (Å²) in [6.07, 6.45) is 5.49. The molecule has 1 saturated carbocycles. The van der Waals surface area contributed by atoms with Crippen molar-refractivity contribution in [1.82, 2.24) is 5.32 Å². The molecule has 0 aromatic rings. The molecule has 2 rings (SSSR count). The quantitative estimate of drug-likeness (QED) is 0.686. The van der Waals surface area contributed by atoms with E-state index < -0.39 is 0 Å². The monoisotopic (exact) mass is 226 g/mol. The first-order chi connectivity index (χ1) is 7.04. The first kappa shape index (κ1) is 11.3. The van der Waals surface area contributed by atoms with Gasteiger partial charge in [0.1, 0.15) is 0 Å². The maximum absolute atomic E-state index is 4.86. The zero-order chi connectivity index (χ0) is 10.9. The Kier molecular flexibility index (Phi) is 3.29. The summed E-state index contributed by atoms with van der Waals surface area (Å²) in [6, 6.07) is 0.616. The smallest absolute Gasteiger partial charge is 0.157 e. The fourth-order valence-corrected chi connectivity index (χ4v) is 3.66. The van der Waals surface area contributed by atoms with Crippen LogP contribution in [0, 0.1) is 5.92 Å². The lowest BCUT2D eigenvalue weighted by atomic mass is 9.86. The lowest BCUT2D eigenvalue weighted by Crippen LogP contribution is -2.43. The van der Waals surface area contributed by atoms with E-state index in [0.717, 1.165) is 5.92 Å². The number of thioether (sulfide) groups is 1. The molecule has 0 aromatic carbocycles. The van der Waals surface area contributed by atoms with E-state index in [2.05, 4.69) is 26.1 Å². The van der Waals surface area contributed by atoms with E-state index in [1.807, 2.05) is 11.8 Å². The third-order valence-corrected chi connectivity index (χ3v) is 4.14. The van der Waals surface area contributed by atoms with Crippen molar-refractivity contribution in [3.63, 3.8) is 0 Å². The van der Waals surface area contributed by atoms with Gasteiger partial charge in [0.15, 0.2) is 5.17 Å². The van der Waals surface area contributed by atoms with Gasteiger partial charge >= 0.3 is 0 Å². The van der Waals surface area contributed by atoms with Gasteiger partial charge in [-0.2, -0.15) is 0 Å². The van der Waals surface area contributed by atoms with E-state index in [1.165, 1.54) is 36.6 Å². The summed E-state index contributed by atoms with van der Waals surface area (Å²) in [5.74, 6) is 2.13. The van der Waals surface area contributed by atoms with Gasteiger partial charge in [-0.05, 0) is 39.5 Å². The van der Waals surface area contributed by atoms with Crippen LogP contribution >= 0.6 is 11.8 Å². The Bertz CT molecular complexity index is 255. The Labute approximate surface area is 97.3 Å². The maximum atomic E-state index is 4.86. The van der Waals surface area contributed by atoms with Crippen molar-refractivity contribution in [2.24, 2.45) is 10.9 Å². The van der Waals surface area contributed by atoms with Crippen molar-refractivity contribution in [3.8, 4) is 0 Å². The number of fused-ring (bicyclic) bond motifs is 1. The molecule has 0 radical (unpaired) electrons. The first-order valence-corrected chi connectivity index (χ1v) is 7.02. The predicted octanol–water partition coefficient (Wildman–Crippen LogP) is 3.04. The fraction of sp³-hybridized carbons (Fsp3) is 0.917. The van der Waals surface area contributed by atoms with Gasteiger partial charge in [-0.1, -0.05) is 24.6 Å². The largest absolute Gasteiger partial charge is 0.360 e. The van der Waals surface area contributed by atoms with Crippen LogP contribution in [0.5, 0.6) is 0 Å². The summed E-state index contributed by atoms with van der Waals surface area (Å²) in [4.78, 5) is 4.86. The lowest BCUT2D eigenvalue weighted by Gasteiger charge is -2.34. The van der Waals surface area contributed by atoms with Crippen molar-refractivity contribution in [2.75, 3.05) is 5.75 Å². The van der Waals surface area contributed by atoms with Crippen LogP contribution in [-0.2, 0) is 0 Å². The van der Waals surface area contributed by atoms with Crippen LogP contribution in [0.1, 0.15) is 46.5 Å². The summed E-state index contributed by atoms with van der Waals surface area (Å²) < 4.78 is 0. The molecule has 2 aliphatic rings. The van der Waals surface area contributed by atoms with Gasteiger partial charge in [0.25, 0.3) is 0 Å². The van der Waals surface area contributed by atoms with Crippen LogP contribution < -0.4 is 5.32 Å². The van der Waals surface area contributed by atoms with Gasteiger partial charge in [-0.15, -0.1) is 0 Å². The Morgan fingerprint density at radius 2 is 2.00 bits per heavy atom. The summed E-state index contributed by atoms with van der Waals surface area (Å²) in [5.41, 5.74) is 0.146. The van der Waals surface area contributed by atoms with Gasteiger partial charge < -0.3 is 5.32 Å². The summed E-state index contributed by atoms with van der Waals surface area (Å²) >= 11 is 1.91. The Morgan fingerprint density at radius 1 is 1.27 bits per heavy atom. The average Bonchev–Trinajstić information content (AvgIpc) is 2.15. The molecule has 0 bridgehead atoms. The molecule has 2 unspecified atom stereocenters. The maximum Gasteiger partial charge on any atom is 0.157 e. The molecule has 2 atom stereocenters. The van der Waals surface area contributed by atoms with E-state index in [-0.39, 0.29) is 5.54 Å². The average molecular weight is 226 g/mol. The number of aliphatic imine (C=N–C) groups is 1. The third-order valence-electron chi connectivity index (χ3n) is 3.07. The normalized spacial score (nSPS) is 31.8. The molecule has 1 heterocycles. The molecule has 0 spiro atoms. The first-order valence-electron chi connectivity index (χ1n) is 6.03. The summed E-state index contributed by atoms with van der Waals surface area (Å²) in [7, 11) is 0. The molecule has 86 valence electrons. The molecule has 15 heavy (non-hydrogen) atoms. The standard InChI is InChI=1S/C12H22N2S/c1-12(2,3)14-11-13-10-7-5-4-6-9(10)8-15-11/h9-10H,4-8H2,1-3H3,(H,13,14). The van der Waals surface area contributed by atoms with Crippen molar-refractivity contribution in [1.29, 1.82) is 0 Å². The topological polar surface area (TPSA) is 24.4 Å². The number of nitrogens with one attached hydrogen (secondary N) is 1. The molecule has 2 nitrogen and oxygen atoms in total. The molecule has 1 aliphatic carbocycles. The molecule has 1 fully saturated rings. The molecule has 0 aromatic heterocycles. The van der Waals surface area contributed by atoms with Gasteiger partial charge in [0, 0.05) is 11.3 Å². The van der Waals surface area contributed by atoms with Gasteiger partial charge in [-0.25, -0.2) is 0 Å². The highest BCUT2D eigenvalue weighted by molar-refractivity contribution is 8.13. The number of amidine groups is 1. The summed E-state index contributed by atoms with van der Waals surface area (Å²) in [6.45, 7) is 6.59. The predicted molar refractivity (Wildman–Crippen MR) is 68.5 cm³/mol. The zero-order valence-electron chi connectivity index (χ0n) is 10.0. The molecule has 1 aliphatic heterocycles. The fourth-order valence-electron chi connectivity index (χ4n) is 2.32. The van der Waals surface area contributed by atoms with Crippen molar-refractivity contribution < 1.29 is 0 Å². The molecule has 0 saturated heterocycles. The molecule has 0 amide bonds. The van der Waals surface area contributed by atoms with E-state index in [4.69, 9.17) is 4.99 Å². The third kappa shape index (κ3) is 3.13. The number of nitrogens with zero attached hydrogens (tertiary/aromatic N) is 1. The second-order valence-corrected chi connectivity index (χ2v) is 6.74. The lowest BCUT2D eigenvalue weighted by molar-refractivity contribution is 0.334. The number of rotatable bonds is 0. The zero-order valence-corrected chi connectivity index (χ0v) is 10.9. The van der Waals surface area contributed by atoms with Crippen LogP contribution in [0.25, 0.3) is 0 Å². The summed E-state index contributed by atoms with van der Waals surface area (Å²) in [5, 5.41) is 4.68. The number of hydrogen-bond acceptors (Lipinski definition) is 3. The van der Waals surface area contributed by atoms with E-state index in [1.54, 1.807) is 0 Å². The second kappa shape index (κ2) is 4.36. The van der Waals surface area contributed by atoms with Crippen LogP contribution in [0.15, 0.2) is 4.99 Å². The highest BCUT2D eigenvalue weighted by atomic mass is 32.2. The molecular weight excluding hydrogens is 204 g/mol. The highest BCUT2D eigenvalue weighted by Crippen LogP contribution is 2.33. The van der Waals surface area contributed by atoms with Crippen LogP contribution in [0.2, 0.25) is 0 Å². The SMILES string of the molecule is CC(C)(C)NC1=NC2CCCCC2CS1. The minimum Gasteiger partial charge on any atom is -0.360 e. The van der Waals surface area contributed by atoms with Crippen molar-refractivity contribution >= 4 is 16.9 Å². The second-order valence-electron chi connectivity index (χ2n) is 5.73. The Balaban J connectivity index is 1.99. The number of hydrogen-bond donors (Lipinski definition) is 1. The Hall–Kier alpha value is -0.180. The van der Waals surface area contributed by atoms with Crippen molar-refractivity contribution in [2.45, 2.75) is 58.0 Å². The Morgan fingerprint density at radius 3 is 2.73 bits per heavy atom. The van der Waals surface area contributed by atoms with Gasteiger partial charge in [0.05, 0.1) is 6.04 Å². The van der Waals surface area contributed by atoms with Gasteiger partial charge in [0.2, 0.25) is 0 Å². The highest BCUT2D eigenvalue weighted by Gasteiger charge is 2.29. The molecule has 3 heteroatoms.